The molecule has 2 amide bonds. The highest BCUT2D eigenvalue weighted by Gasteiger charge is 2.18. The molecule has 0 bridgehead atoms. The molecule has 5 nitrogen and oxygen atoms in total. The molecule has 0 rings (SSSR count). The predicted molar refractivity (Wildman–Crippen MR) is 62.4 cm³/mol. The second-order valence-corrected chi connectivity index (χ2v) is 3.82. The summed E-state index contributed by atoms with van der Waals surface area (Å²) < 4.78 is 0. The van der Waals surface area contributed by atoms with Crippen molar-refractivity contribution in [2.45, 2.75) is 51.5 Å². The van der Waals surface area contributed by atoms with E-state index in [0.717, 1.165) is 19.3 Å². The first-order valence-electron chi connectivity index (χ1n) is 5.82. The second kappa shape index (κ2) is 9.00. The first-order valence-corrected chi connectivity index (χ1v) is 5.82. The molecule has 0 saturated heterocycles. The topological polar surface area (TPSA) is 78.4 Å². The van der Waals surface area contributed by atoms with Gasteiger partial charge in [0, 0.05) is 7.05 Å². The Bertz CT molecular complexity index is 219. The first-order chi connectivity index (χ1) is 7.61. The molecule has 3 N–H and O–H groups in total. The van der Waals surface area contributed by atoms with Gasteiger partial charge in [0.05, 0.1) is 0 Å². The van der Waals surface area contributed by atoms with Gasteiger partial charge in [-0.05, 0) is 6.42 Å². The van der Waals surface area contributed by atoms with E-state index in [4.69, 9.17) is 5.11 Å². The average Bonchev–Trinajstić information content (AvgIpc) is 2.26. The lowest BCUT2D eigenvalue weighted by Gasteiger charge is -2.13. The van der Waals surface area contributed by atoms with Crippen molar-refractivity contribution in [3.05, 3.63) is 0 Å². The monoisotopic (exact) mass is 230 g/mol. The highest BCUT2D eigenvalue weighted by molar-refractivity contribution is 5.82. The molecule has 0 aromatic carbocycles. The number of carboxylic acid groups (broad SMARTS) is 1. The number of carbonyl (C=O) groups excluding carboxylic acids is 1. The zero-order chi connectivity index (χ0) is 12.4. The Morgan fingerprint density at radius 2 is 1.81 bits per heavy atom. The number of hydrogen-bond acceptors (Lipinski definition) is 2. The standard InChI is InChI=1S/C11H22N2O3/c1-3-4-5-6-7-8-9(10(14)15)13-11(16)12-2/h9H,3-8H2,1-2H3,(H,14,15)(H2,12,13,16). The van der Waals surface area contributed by atoms with Gasteiger partial charge in [-0.1, -0.05) is 39.0 Å². The van der Waals surface area contributed by atoms with Crippen LogP contribution in [0.1, 0.15) is 45.4 Å². The summed E-state index contributed by atoms with van der Waals surface area (Å²) >= 11 is 0. The lowest BCUT2D eigenvalue weighted by atomic mass is 10.1. The lowest BCUT2D eigenvalue weighted by Crippen LogP contribution is -2.44. The molecule has 0 aliphatic carbocycles. The fourth-order valence-corrected chi connectivity index (χ4v) is 1.44. The maximum Gasteiger partial charge on any atom is 0.326 e. The maximum atomic E-state index is 11.0. The van der Waals surface area contributed by atoms with Crippen molar-refractivity contribution in [2.24, 2.45) is 0 Å². The molecule has 0 fully saturated rings. The van der Waals surface area contributed by atoms with Crippen LogP contribution in [0, 0.1) is 0 Å². The van der Waals surface area contributed by atoms with Crippen molar-refractivity contribution in [1.29, 1.82) is 0 Å². The van der Waals surface area contributed by atoms with Crippen LogP contribution in [0.2, 0.25) is 0 Å². The molecular formula is C11H22N2O3. The number of urea groups is 1. The molecule has 16 heavy (non-hydrogen) atoms. The Balaban J connectivity index is 3.77. The van der Waals surface area contributed by atoms with Crippen LogP contribution >= 0.6 is 0 Å². The van der Waals surface area contributed by atoms with Crippen molar-refractivity contribution in [1.82, 2.24) is 10.6 Å². The zero-order valence-electron chi connectivity index (χ0n) is 10.1. The van der Waals surface area contributed by atoms with E-state index in [2.05, 4.69) is 17.6 Å². The SMILES string of the molecule is CCCCCCCC(NC(=O)NC)C(=O)O. The molecule has 5 heteroatoms. The fourth-order valence-electron chi connectivity index (χ4n) is 1.44. The van der Waals surface area contributed by atoms with Crippen molar-refractivity contribution >= 4 is 12.0 Å². The minimum atomic E-state index is -0.973. The van der Waals surface area contributed by atoms with Crippen LogP contribution in [-0.2, 0) is 4.79 Å². The van der Waals surface area contributed by atoms with Gasteiger partial charge in [0.25, 0.3) is 0 Å². The van der Waals surface area contributed by atoms with Gasteiger partial charge in [-0.2, -0.15) is 0 Å². The molecule has 0 saturated carbocycles. The molecular weight excluding hydrogens is 208 g/mol. The minimum absolute atomic E-state index is 0.444. The summed E-state index contributed by atoms with van der Waals surface area (Å²) in [5.74, 6) is -0.973. The van der Waals surface area contributed by atoms with E-state index in [-0.39, 0.29) is 0 Å². The molecule has 0 aromatic rings. The Hall–Kier alpha value is -1.26. The van der Waals surface area contributed by atoms with Gasteiger partial charge in [-0.3, -0.25) is 0 Å². The third-order valence-electron chi connectivity index (χ3n) is 2.43. The van der Waals surface area contributed by atoms with E-state index < -0.39 is 18.0 Å². The van der Waals surface area contributed by atoms with Crippen molar-refractivity contribution in [3.8, 4) is 0 Å². The predicted octanol–water partition coefficient (Wildman–Crippen LogP) is 1.73. The van der Waals surface area contributed by atoms with E-state index >= 15 is 0 Å². The summed E-state index contributed by atoms with van der Waals surface area (Å²) in [5.41, 5.74) is 0. The summed E-state index contributed by atoms with van der Waals surface area (Å²) in [4.78, 5) is 21.8. The Kier molecular flexibility index (Phi) is 8.29. The van der Waals surface area contributed by atoms with Gasteiger partial charge in [-0.25, -0.2) is 9.59 Å². The van der Waals surface area contributed by atoms with Crippen LogP contribution < -0.4 is 10.6 Å². The number of carboxylic acids is 1. The Labute approximate surface area is 96.6 Å². The summed E-state index contributed by atoms with van der Waals surface area (Å²) in [6.07, 6.45) is 5.82. The number of unbranched alkanes of at least 4 members (excludes halogenated alkanes) is 4. The van der Waals surface area contributed by atoms with Gasteiger partial charge in [-0.15, -0.1) is 0 Å². The van der Waals surface area contributed by atoms with Gasteiger partial charge < -0.3 is 15.7 Å². The van der Waals surface area contributed by atoms with E-state index in [0.29, 0.717) is 6.42 Å². The van der Waals surface area contributed by atoms with Crippen LogP contribution in [0.4, 0.5) is 4.79 Å². The maximum absolute atomic E-state index is 11.0. The number of carbonyl (C=O) groups is 2. The smallest absolute Gasteiger partial charge is 0.326 e. The number of amides is 2. The quantitative estimate of drug-likeness (QED) is 0.556. The molecule has 0 aliphatic heterocycles. The van der Waals surface area contributed by atoms with Gasteiger partial charge in [0.1, 0.15) is 6.04 Å². The number of rotatable bonds is 8. The number of hydrogen-bond donors (Lipinski definition) is 3. The summed E-state index contributed by atoms with van der Waals surface area (Å²) in [5, 5.41) is 13.6. The second-order valence-electron chi connectivity index (χ2n) is 3.82. The summed E-state index contributed by atoms with van der Waals surface area (Å²) in [7, 11) is 1.47. The highest BCUT2D eigenvalue weighted by atomic mass is 16.4. The molecule has 0 heterocycles. The third kappa shape index (κ3) is 7.09. The van der Waals surface area contributed by atoms with Gasteiger partial charge >= 0.3 is 12.0 Å². The third-order valence-corrected chi connectivity index (χ3v) is 2.43. The van der Waals surface area contributed by atoms with Crippen LogP contribution in [0.3, 0.4) is 0 Å². The lowest BCUT2D eigenvalue weighted by molar-refractivity contribution is -0.139. The van der Waals surface area contributed by atoms with Crippen molar-refractivity contribution in [3.63, 3.8) is 0 Å². The van der Waals surface area contributed by atoms with E-state index in [9.17, 15) is 9.59 Å². The zero-order valence-corrected chi connectivity index (χ0v) is 10.1. The molecule has 0 aromatic heterocycles. The average molecular weight is 230 g/mol. The molecule has 0 spiro atoms. The van der Waals surface area contributed by atoms with Crippen molar-refractivity contribution in [2.75, 3.05) is 7.05 Å². The molecule has 94 valence electrons. The van der Waals surface area contributed by atoms with Crippen LogP contribution in [0.15, 0.2) is 0 Å². The van der Waals surface area contributed by atoms with Crippen molar-refractivity contribution < 1.29 is 14.7 Å². The van der Waals surface area contributed by atoms with Gasteiger partial charge in [0.15, 0.2) is 0 Å². The van der Waals surface area contributed by atoms with E-state index in [1.165, 1.54) is 19.9 Å². The Morgan fingerprint density at radius 1 is 1.19 bits per heavy atom. The highest BCUT2D eigenvalue weighted by Crippen LogP contribution is 2.07. The molecule has 0 aliphatic rings. The van der Waals surface area contributed by atoms with Gasteiger partial charge in [0.2, 0.25) is 0 Å². The van der Waals surface area contributed by atoms with Crippen LogP contribution in [-0.4, -0.2) is 30.2 Å². The largest absolute Gasteiger partial charge is 0.480 e. The Morgan fingerprint density at radius 3 is 2.31 bits per heavy atom. The number of nitrogens with one attached hydrogen (secondary N) is 2. The summed E-state index contributed by atoms with van der Waals surface area (Å²) in [6, 6.07) is -1.22. The normalized spacial score (nSPS) is 11.9. The van der Waals surface area contributed by atoms with E-state index in [1.54, 1.807) is 0 Å². The summed E-state index contributed by atoms with van der Waals surface area (Å²) in [6.45, 7) is 2.13. The molecule has 1 atom stereocenters. The van der Waals surface area contributed by atoms with Crippen LogP contribution in [0.5, 0.6) is 0 Å². The number of aliphatic carboxylic acids is 1. The first kappa shape index (κ1) is 14.7. The molecule has 1 unspecified atom stereocenters. The minimum Gasteiger partial charge on any atom is -0.480 e. The van der Waals surface area contributed by atoms with Crippen LogP contribution in [0.25, 0.3) is 0 Å². The fraction of sp³-hybridized carbons (Fsp3) is 0.818. The molecule has 0 radical (unpaired) electrons. The van der Waals surface area contributed by atoms with E-state index in [1.807, 2.05) is 0 Å².